The molecule has 1 saturated heterocycles. The van der Waals surface area contributed by atoms with Crippen molar-refractivity contribution in [3.8, 4) is 17.0 Å². The van der Waals surface area contributed by atoms with Gasteiger partial charge < -0.3 is 20.1 Å². The number of halogens is 1. The fourth-order valence-corrected chi connectivity index (χ4v) is 4.18. The van der Waals surface area contributed by atoms with Gasteiger partial charge >= 0.3 is 6.03 Å². The smallest absolute Gasteiger partial charge is 0.323 e. The van der Waals surface area contributed by atoms with E-state index in [2.05, 4.69) is 34.5 Å². The van der Waals surface area contributed by atoms with Crippen molar-refractivity contribution in [1.29, 1.82) is 0 Å². The number of hydrogen-bond donors (Lipinski definition) is 2. The molecule has 8 nitrogen and oxygen atoms in total. The van der Waals surface area contributed by atoms with E-state index in [1.165, 1.54) is 18.2 Å². The summed E-state index contributed by atoms with van der Waals surface area (Å²) in [5.74, 6) is 0.285. The molecule has 1 aromatic heterocycles. The Morgan fingerprint density at radius 1 is 1.12 bits per heavy atom. The molecule has 0 bridgehead atoms. The molecule has 2 N–H and O–H groups in total. The van der Waals surface area contributed by atoms with Crippen LogP contribution in [-0.4, -0.2) is 59.2 Å². The number of aromatic nitrogens is 2. The van der Waals surface area contributed by atoms with Crippen LogP contribution in [0.1, 0.15) is 13.8 Å². The first-order chi connectivity index (χ1) is 16.4. The number of morpholine rings is 1. The van der Waals surface area contributed by atoms with Gasteiger partial charge in [0, 0.05) is 49.8 Å². The van der Waals surface area contributed by atoms with Gasteiger partial charge in [-0.3, -0.25) is 9.58 Å². The summed E-state index contributed by atoms with van der Waals surface area (Å²) < 4.78 is 27.1. The average Bonchev–Trinajstić information content (AvgIpc) is 3.19. The Kier molecular flexibility index (Phi) is 7.44. The fourth-order valence-electron chi connectivity index (χ4n) is 4.18. The monoisotopic (exact) mass is 467 g/mol. The molecule has 2 heterocycles. The summed E-state index contributed by atoms with van der Waals surface area (Å²) >= 11 is 0. The average molecular weight is 468 g/mol. The zero-order chi connectivity index (χ0) is 24.1. The summed E-state index contributed by atoms with van der Waals surface area (Å²) in [5.41, 5.74) is 2.62. The van der Waals surface area contributed by atoms with Gasteiger partial charge in [0.05, 0.1) is 17.9 Å². The molecular formula is C25H30FN5O3. The van der Waals surface area contributed by atoms with Crippen LogP contribution in [0.4, 0.5) is 20.6 Å². The number of aryl methyl sites for hydroxylation is 1. The van der Waals surface area contributed by atoms with Crippen molar-refractivity contribution in [3.05, 3.63) is 60.5 Å². The van der Waals surface area contributed by atoms with E-state index in [9.17, 15) is 9.18 Å². The molecule has 0 unspecified atom stereocenters. The zero-order valence-corrected chi connectivity index (χ0v) is 19.6. The minimum absolute atomic E-state index is 0.206. The Bertz CT molecular complexity index is 1130. The maximum Gasteiger partial charge on any atom is 0.323 e. The maximum absolute atomic E-state index is 13.4. The lowest BCUT2D eigenvalue weighted by Crippen LogP contribution is -2.46. The predicted octanol–water partition coefficient (Wildman–Crippen LogP) is 4.36. The summed E-state index contributed by atoms with van der Waals surface area (Å²) in [6, 6.07) is 12.6. The van der Waals surface area contributed by atoms with Crippen molar-refractivity contribution in [2.45, 2.75) is 26.1 Å². The molecule has 0 radical (unpaired) electrons. The van der Waals surface area contributed by atoms with E-state index in [0.29, 0.717) is 23.7 Å². The summed E-state index contributed by atoms with van der Waals surface area (Å²) in [7, 11) is 1.85. The molecule has 0 aliphatic carbocycles. The van der Waals surface area contributed by atoms with Crippen molar-refractivity contribution in [2.24, 2.45) is 7.05 Å². The second-order valence-electron chi connectivity index (χ2n) is 8.51. The van der Waals surface area contributed by atoms with E-state index in [4.69, 9.17) is 9.47 Å². The summed E-state index contributed by atoms with van der Waals surface area (Å²) in [4.78, 5) is 14.8. The summed E-state index contributed by atoms with van der Waals surface area (Å²) in [6.45, 7) is 7.24. The molecule has 1 aliphatic heterocycles. The molecule has 1 fully saturated rings. The van der Waals surface area contributed by atoms with Crippen LogP contribution in [0.2, 0.25) is 0 Å². The highest BCUT2D eigenvalue weighted by molar-refractivity contribution is 6.00. The van der Waals surface area contributed by atoms with E-state index in [1.807, 2.05) is 25.2 Å². The Balaban J connectivity index is 1.45. The number of amides is 2. The van der Waals surface area contributed by atoms with E-state index in [-0.39, 0.29) is 12.2 Å². The van der Waals surface area contributed by atoms with Gasteiger partial charge in [-0.25, -0.2) is 9.18 Å². The van der Waals surface area contributed by atoms with Gasteiger partial charge in [0.1, 0.15) is 18.2 Å². The van der Waals surface area contributed by atoms with Gasteiger partial charge in [-0.15, -0.1) is 0 Å². The van der Waals surface area contributed by atoms with Crippen LogP contribution >= 0.6 is 0 Å². The first kappa shape index (κ1) is 23.7. The molecule has 180 valence electrons. The summed E-state index contributed by atoms with van der Waals surface area (Å²) in [6.07, 6.45) is 2.13. The Hall–Kier alpha value is -3.43. The first-order valence-corrected chi connectivity index (χ1v) is 11.3. The molecule has 2 atom stereocenters. The summed E-state index contributed by atoms with van der Waals surface area (Å²) in [5, 5.41) is 9.69. The third kappa shape index (κ3) is 6.12. The van der Waals surface area contributed by atoms with E-state index in [1.54, 1.807) is 23.0 Å². The fraction of sp³-hybridized carbons (Fsp3) is 0.360. The number of rotatable bonds is 7. The SMILES string of the molecule is C[C@@H]1CN(CCOc2ccc(NC(=O)Nc3cccc(F)c3)cc2-c2ccnn2C)C[C@H](C)O1. The van der Waals surface area contributed by atoms with Gasteiger partial charge in [0.15, 0.2) is 0 Å². The van der Waals surface area contributed by atoms with E-state index < -0.39 is 11.8 Å². The molecule has 34 heavy (non-hydrogen) atoms. The number of nitrogens with zero attached hydrogens (tertiary/aromatic N) is 3. The van der Waals surface area contributed by atoms with Crippen LogP contribution in [-0.2, 0) is 11.8 Å². The highest BCUT2D eigenvalue weighted by Crippen LogP contribution is 2.32. The molecule has 1 aliphatic rings. The molecule has 3 aromatic rings. The number of hydrogen-bond acceptors (Lipinski definition) is 5. The van der Waals surface area contributed by atoms with E-state index in [0.717, 1.165) is 30.9 Å². The normalized spacial score (nSPS) is 18.5. The van der Waals surface area contributed by atoms with Crippen LogP contribution in [0.15, 0.2) is 54.7 Å². The molecule has 2 aromatic carbocycles. The number of benzene rings is 2. The van der Waals surface area contributed by atoms with E-state index >= 15 is 0 Å². The van der Waals surface area contributed by atoms with Crippen molar-refractivity contribution < 1.29 is 18.7 Å². The molecule has 2 amide bonds. The van der Waals surface area contributed by atoms with Gasteiger partial charge in [-0.1, -0.05) is 6.07 Å². The number of anilines is 2. The number of carbonyl (C=O) groups excluding carboxylic acids is 1. The third-order valence-corrected chi connectivity index (χ3v) is 5.58. The second-order valence-corrected chi connectivity index (χ2v) is 8.51. The van der Waals surface area contributed by atoms with Crippen LogP contribution < -0.4 is 15.4 Å². The van der Waals surface area contributed by atoms with Crippen LogP contribution in [0, 0.1) is 5.82 Å². The van der Waals surface area contributed by atoms with Gasteiger partial charge in [0.2, 0.25) is 0 Å². The standard InChI is InChI=1S/C25H30FN5O3/c1-17-15-31(16-18(2)34-17)11-12-33-24-8-7-21(14-22(24)23-9-10-27-30(23)3)29-25(32)28-20-6-4-5-19(26)13-20/h4-10,13-14,17-18H,11-12,15-16H2,1-3H3,(H2,28,29,32)/t17-,18+. The zero-order valence-electron chi connectivity index (χ0n) is 19.6. The Morgan fingerprint density at radius 2 is 1.85 bits per heavy atom. The molecule has 0 saturated carbocycles. The highest BCUT2D eigenvalue weighted by Gasteiger charge is 2.22. The first-order valence-electron chi connectivity index (χ1n) is 11.3. The van der Waals surface area contributed by atoms with Crippen molar-refractivity contribution in [2.75, 3.05) is 36.9 Å². The lowest BCUT2D eigenvalue weighted by Gasteiger charge is -2.35. The maximum atomic E-state index is 13.4. The highest BCUT2D eigenvalue weighted by atomic mass is 19.1. The Morgan fingerprint density at radius 3 is 2.53 bits per heavy atom. The third-order valence-electron chi connectivity index (χ3n) is 5.58. The topological polar surface area (TPSA) is 80.7 Å². The minimum atomic E-state index is -0.467. The second kappa shape index (κ2) is 10.7. The van der Waals surface area contributed by atoms with Gasteiger partial charge in [0.25, 0.3) is 0 Å². The van der Waals surface area contributed by atoms with Crippen LogP contribution in [0.3, 0.4) is 0 Å². The molecular weight excluding hydrogens is 437 g/mol. The quantitative estimate of drug-likeness (QED) is 0.540. The van der Waals surface area contributed by atoms with Gasteiger partial charge in [-0.05, 0) is 56.3 Å². The Labute approximate surface area is 198 Å². The van der Waals surface area contributed by atoms with Gasteiger partial charge in [-0.2, -0.15) is 5.10 Å². The number of nitrogens with one attached hydrogen (secondary N) is 2. The van der Waals surface area contributed by atoms with Crippen molar-refractivity contribution in [3.63, 3.8) is 0 Å². The van der Waals surface area contributed by atoms with Crippen molar-refractivity contribution >= 4 is 17.4 Å². The lowest BCUT2D eigenvalue weighted by atomic mass is 10.1. The van der Waals surface area contributed by atoms with Crippen molar-refractivity contribution in [1.82, 2.24) is 14.7 Å². The van der Waals surface area contributed by atoms with Crippen LogP contribution in [0.25, 0.3) is 11.3 Å². The predicted molar refractivity (Wildman–Crippen MR) is 130 cm³/mol. The lowest BCUT2D eigenvalue weighted by molar-refractivity contribution is -0.0699. The minimum Gasteiger partial charge on any atom is -0.492 e. The van der Waals surface area contributed by atoms with Crippen LogP contribution in [0.5, 0.6) is 5.75 Å². The molecule has 9 heteroatoms. The number of carbonyl (C=O) groups is 1. The molecule has 0 spiro atoms. The largest absolute Gasteiger partial charge is 0.492 e. The number of ether oxygens (including phenoxy) is 2. The number of urea groups is 1. The molecule has 4 rings (SSSR count).